The number of amides is 1. The van der Waals surface area contributed by atoms with Crippen LogP contribution in [0.15, 0.2) is 66.7 Å². The first-order valence-corrected chi connectivity index (χ1v) is 9.87. The summed E-state index contributed by atoms with van der Waals surface area (Å²) in [4.78, 5) is 13.1. The molecule has 0 aliphatic rings. The summed E-state index contributed by atoms with van der Waals surface area (Å²) in [5, 5.41) is 13.4. The number of nitrogens with one attached hydrogen (secondary N) is 3. The Balaban J connectivity index is 0.00000385. The SMILES string of the molecule is COc1cc(F)c([C@@H](Nc2ccc(C(=N)N)cc2)C(=O)NCc2ccccc2)cc1OC.Cl. The smallest absolute Gasteiger partial charge is 0.247 e. The van der Waals surface area contributed by atoms with Gasteiger partial charge in [0.1, 0.15) is 17.7 Å². The minimum Gasteiger partial charge on any atom is -0.493 e. The number of methoxy groups -OCH3 is 2. The van der Waals surface area contributed by atoms with Gasteiger partial charge < -0.3 is 25.8 Å². The maximum atomic E-state index is 15.0. The number of amidine groups is 1. The normalized spacial score (nSPS) is 11.0. The highest BCUT2D eigenvalue weighted by atomic mass is 35.5. The van der Waals surface area contributed by atoms with Crippen molar-refractivity contribution >= 4 is 29.8 Å². The predicted octanol–water partition coefficient (Wildman–Crippen LogP) is 4.02. The van der Waals surface area contributed by atoms with Gasteiger partial charge in [-0.25, -0.2) is 4.39 Å². The van der Waals surface area contributed by atoms with Crippen molar-refractivity contribution in [2.75, 3.05) is 19.5 Å². The molecule has 1 atom stereocenters. The number of rotatable bonds is 9. The Morgan fingerprint density at radius 2 is 1.64 bits per heavy atom. The lowest BCUT2D eigenvalue weighted by molar-refractivity contribution is -0.122. The standard InChI is InChI=1S/C24H25FN4O3.ClH/c1-31-20-12-18(19(25)13-21(20)32-2)22(24(30)28-14-15-6-4-3-5-7-15)29-17-10-8-16(9-11-17)23(26)27;/h3-13,22,29H,14H2,1-2H3,(H3,26,27)(H,28,30);1H/t22-;/m1./s1. The van der Waals surface area contributed by atoms with Crippen LogP contribution in [-0.2, 0) is 11.3 Å². The summed E-state index contributed by atoms with van der Waals surface area (Å²) in [6, 6.07) is 17.6. The summed E-state index contributed by atoms with van der Waals surface area (Å²) in [6.07, 6.45) is 0. The van der Waals surface area contributed by atoms with Gasteiger partial charge in [-0.15, -0.1) is 12.4 Å². The summed E-state index contributed by atoms with van der Waals surface area (Å²) < 4.78 is 25.4. The highest BCUT2D eigenvalue weighted by molar-refractivity contribution is 5.95. The third-order valence-electron chi connectivity index (χ3n) is 4.89. The molecule has 3 aromatic carbocycles. The lowest BCUT2D eigenvalue weighted by Gasteiger charge is -2.22. The fourth-order valence-electron chi connectivity index (χ4n) is 3.18. The molecule has 7 nitrogen and oxygen atoms in total. The molecule has 0 heterocycles. The van der Waals surface area contributed by atoms with Gasteiger partial charge in [-0.1, -0.05) is 30.3 Å². The molecule has 174 valence electrons. The van der Waals surface area contributed by atoms with E-state index in [1.165, 1.54) is 26.4 Å². The van der Waals surface area contributed by atoms with E-state index in [0.717, 1.165) is 5.56 Å². The van der Waals surface area contributed by atoms with Crippen LogP contribution in [0.25, 0.3) is 0 Å². The van der Waals surface area contributed by atoms with Crippen molar-refractivity contribution in [1.29, 1.82) is 5.41 Å². The molecule has 0 aromatic heterocycles. The molecule has 0 aliphatic heterocycles. The van der Waals surface area contributed by atoms with Crippen molar-refractivity contribution in [2.45, 2.75) is 12.6 Å². The molecule has 1 amide bonds. The number of carbonyl (C=O) groups is 1. The van der Waals surface area contributed by atoms with E-state index in [9.17, 15) is 9.18 Å². The monoisotopic (exact) mass is 472 g/mol. The van der Waals surface area contributed by atoms with Crippen molar-refractivity contribution in [3.05, 3.63) is 89.2 Å². The van der Waals surface area contributed by atoms with E-state index in [1.807, 2.05) is 30.3 Å². The largest absolute Gasteiger partial charge is 0.493 e. The summed E-state index contributed by atoms with van der Waals surface area (Å²) in [5.74, 6) is -0.577. The molecule has 3 rings (SSSR count). The second kappa shape index (κ2) is 11.7. The van der Waals surface area contributed by atoms with Gasteiger partial charge in [-0.3, -0.25) is 10.2 Å². The van der Waals surface area contributed by atoms with E-state index >= 15 is 0 Å². The summed E-state index contributed by atoms with van der Waals surface area (Å²) in [7, 11) is 2.85. The van der Waals surface area contributed by atoms with Gasteiger partial charge in [-0.05, 0) is 35.9 Å². The molecule has 0 saturated heterocycles. The fourth-order valence-corrected chi connectivity index (χ4v) is 3.18. The van der Waals surface area contributed by atoms with E-state index in [-0.39, 0.29) is 36.1 Å². The average molecular weight is 473 g/mol. The van der Waals surface area contributed by atoms with Gasteiger partial charge in [0.25, 0.3) is 0 Å². The second-order valence-corrected chi connectivity index (χ2v) is 7.00. The first-order chi connectivity index (χ1) is 15.4. The number of nitrogens with two attached hydrogens (primary N) is 1. The van der Waals surface area contributed by atoms with Crippen molar-refractivity contribution in [1.82, 2.24) is 5.32 Å². The highest BCUT2D eigenvalue weighted by Gasteiger charge is 2.26. The Morgan fingerprint density at radius 1 is 1.03 bits per heavy atom. The van der Waals surface area contributed by atoms with E-state index in [0.29, 0.717) is 17.0 Å². The number of halogens is 2. The number of hydrogen-bond acceptors (Lipinski definition) is 5. The first kappa shape index (κ1) is 25.5. The van der Waals surface area contributed by atoms with Gasteiger partial charge in [-0.2, -0.15) is 0 Å². The third-order valence-corrected chi connectivity index (χ3v) is 4.89. The van der Waals surface area contributed by atoms with Crippen LogP contribution in [0.3, 0.4) is 0 Å². The molecule has 0 spiro atoms. The predicted molar refractivity (Wildman–Crippen MR) is 129 cm³/mol. The number of anilines is 1. The van der Waals surface area contributed by atoms with Crippen molar-refractivity contribution < 1.29 is 18.7 Å². The van der Waals surface area contributed by atoms with Gasteiger partial charge in [0, 0.05) is 29.4 Å². The maximum Gasteiger partial charge on any atom is 0.247 e. The molecule has 0 radical (unpaired) electrons. The molecular weight excluding hydrogens is 447 g/mol. The third kappa shape index (κ3) is 6.36. The Kier molecular flexibility index (Phi) is 9.06. The summed E-state index contributed by atoms with van der Waals surface area (Å²) in [6.45, 7) is 0.288. The molecular formula is C24H26ClFN4O3. The lowest BCUT2D eigenvalue weighted by atomic mass is 10.0. The molecule has 0 saturated carbocycles. The quantitative estimate of drug-likeness (QED) is 0.278. The second-order valence-electron chi connectivity index (χ2n) is 7.00. The molecule has 0 fully saturated rings. The van der Waals surface area contributed by atoms with E-state index in [4.69, 9.17) is 20.6 Å². The molecule has 3 aromatic rings. The zero-order valence-electron chi connectivity index (χ0n) is 18.2. The van der Waals surface area contributed by atoms with Crippen LogP contribution < -0.4 is 25.8 Å². The van der Waals surface area contributed by atoms with Gasteiger partial charge in [0.2, 0.25) is 5.91 Å². The zero-order valence-corrected chi connectivity index (χ0v) is 19.0. The van der Waals surface area contributed by atoms with Crippen molar-refractivity contribution in [3.63, 3.8) is 0 Å². The van der Waals surface area contributed by atoms with Crippen LogP contribution >= 0.6 is 12.4 Å². The van der Waals surface area contributed by atoms with Crippen LogP contribution in [0, 0.1) is 11.2 Å². The molecule has 0 bridgehead atoms. The minimum absolute atomic E-state index is 0. The minimum atomic E-state index is -1.05. The van der Waals surface area contributed by atoms with Gasteiger partial charge >= 0.3 is 0 Å². The zero-order chi connectivity index (χ0) is 23.1. The Bertz CT molecular complexity index is 1090. The van der Waals surface area contributed by atoms with Crippen LogP contribution in [0.1, 0.15) is 22.7 Å². The first-order valence-electron chi connectivity index (χ1n) is 9.87. The number of hydrogen-bond donors (Lipinski definition) is 4. The fraction of sp³-hybridized carbons (Fsp3) is 0.167. The van der Waals surface area contributed by atoms with Gasteiger partial charge in [0.05, 0.1) is 14.2 Å². The highest BCUT2D eigenvalue weighted by Crippen LogP contribution is 2.34. The van der Waals surface area contributed by atoms with E-state index in [1.54, 1.807) is 24.3 Å². The van der Waals surface area contributed by atoms with Crippen molar-refractivity contribution in [3.8, 4) is 11.5 Å². The lowest BCUT2D eigenvalue weighted by Crippen LogP contribution is -2.33. The van der Waals surface area contributed by atoms with Crippen LogP contribution in [0.5, 0.6) is 11.5 Å². The molecule has 0 aliphatic carbocycles. The summed E-state index contributed by atoms with van der Waals surface area (Å²) in [5.41, 5.74) is 7.62. The van der Waals surface area contributed by atoms with E-state index in [2.05, 4.69) is 10.6 Å². The molecule has 33 heavy (non-hydrogen) atoms. The maximum absolute atomic E-state index is 15.0. The van der Waals surface area contributed by atoms with Crippen LogP contribution in [0.2, 0.25) is 0 Å². The number of benzene rings is 3. The number of ether oxygens (including phenoxy) is 2. The molecule has 5 N–H and O–H groups in total. The van der Waals surface area contributed by atoms with Crippen LogP contribution in [0.4, 0.5) is 10.1 Å². The Labute approximate surface area is 198 Å². The summed E-state index contributed by atoms with van der Waals surface area (Å²) >= 11 is 0. The van der Waals surface area contributed by atoms with Crippen molar-refractivity contribution in [2.24, 2.45) is 5.73 Å². The molecule has 0 unspecified atom stereocenters. The topological polar surface area (TPSA) is 109 Å². The average Bonchev–Trinajstić information content (AvgIpc) is 2.82. The number of nitrogen functional groups attached to an aromatic ring is 1. The number of carbonyl (C=O) groups excluding carboxylic acids is 1. The molecule has 9 heteroatoms. The Morgan fingerprint density at radius 3 is 2.21 bits per heavy atom. The van der Waals surface area contributed by atoms with Gasteiger partial charge in [0.15, 0.2) is 11.5 Å². The van der Waals surface area contributed by atoms with E-state index < -0.39 is 17.8 Å². The van der Waals surface area contributed by atoms with Crippen LogP contribution in [-0.4, -0.2) is 26.0 Å². The Hall–Kier alpha value is -3.78.